The second-order valence-electron chi connectivity index (χ2n) is 3.92. The van der Waals surface area contributed by atoms with Gasteiger partial charge in [0.2, 0.25) is 6.04 Å². The van der Waals surface area contributed by atoms with E-state index >= 15 is 0 Å². The second-order valence-corrected chi connectivity index (χ2v) is 3.92. The molecule has 3 rings (SSSR count). The van der Waals surface area contributed by atoms with Gasteiger partial charge in [0.25, 0.3) is 12.6 Å². The van der Waals surface area contributed by atoms with Crippen molar-refractivity contribution in [3.63, 3.8) is 0 Å². The van der Waals surface area contributed by atoms with Crippen LogP contribution in [0.1, 0.15) is 11.9 Å². The molecule has 2 aromatic rings. The van der Waals surface area contributed by atoms with Crippen molar-refractivity contribution in [1.29, 1.82) is 0 Å². The molecule has 1 aliphatic rings. The number of fused-ring (bicyclic) bond motifs is 1. The number of nitrogens with one attached hydrogen (secondary N) is 1. The monoisotopic (exact) mass is 213 g/mol. The van der Waals surface area contributed by atoms with Crippen LogP contribution < -0.4 is 5.32 Å². The van der Waals surface area contributed by atoms with Crippen LogP contribution in [0.15, 0.2) is 24.3 Å². The molecule has 0 bridgehead atoms. The van der Waals surface area contributed by atoms with Gasteiger partial charge in [0.05, 0.1) is 17.6 Å². The van der Waals surface area contributed by atoms with E-state index < -0.39 is 0 Å². The molecule has 0 saturated carbocycles. The van der Waals surface area contributed by atoms with Crippen molar-refractivity contribution in [2.24, 2.45) is 7.05 Å². The van der Waals surface area contributed by atoms with Gasteiger partial charge in [0.15, 0.2) is 0 Å². The first-order chi connectivity index (χ1) is 7.86. The summed E-state index contributed by atoms with van der Waals surface area (Å²) in [6.07, 6.45) is 0. The highest BCUT2D eigenvalue weighted by Gasteiger charge is 2.23. The van der Waals surface area contributed by atoms with E-state index in [1.165, 1.54) is 0 Å². The van der Waals surface area contributed by atoms with Crippen LogP contribution in [0.25, 0.3) is 15.9 Å². The third-order valence-corrected chi connectivity index (χ3v) is 2.87. The Morgan fingerprint density at radius 3 is 3.12 bits per heavy atom. The summed E-state index contributed by atoms with van der Waals surface area (Å²) in [4.78, 5) is 8.79. The molecule has 1 aromatic heterocycles. The van der Waals surface area contributed by atoms with Crippen molar-refractivity contribution in [2.45, 2.75) is 6.04 Å². The number of rotatable bonds is 1. The summed E-state index contributed by atoms with van der Waals surface area (Å²) in [5.74, 6) is 0.977. The molecule has 1 unspecified atom stereocenters. The summed E-state index contributed by atoms with van der Waals surface area (Å²) < 4.78 is 2.10. The van der Waals surface area contributed by atoms with Gasteiger partial charge in [-0.15, -0.1) is 0 Å². The predicted molar refractivity (Wildman–Crippen MR) is 63.6 cm³/mol. The Balaban J connectivity index is 2.15. The number of hydrogen-bond acceptors (Lipinski definition) is 2. The highest BCUT2D eigenvalue weighted by atomic mass is 15.1. The van der Waals surface area contributed by atoms with E-state index in [1.807, 2.05) is 25.2 Å². The molecule has 0 amide bonds. The van der Waals surface area contributed by atoms with Crippen LogP contribution in [-0.4, -0.2) is 22.6 Å². The van der Waals surface area contributed by atoms with Gasteiger partial charge in [0.1, 0.15) is 5.82 Å². The summed E-state index contributed by atoms with van der Waals surface area (Å²) in [6, 6.07) is 11.2. The fourth-order valence-electron chi connectivity index (χ4n) is 2.04. The lowest BCUT2D eigenvalue weighted by atomic mass is 10.3. The van der Waals surface area contributed by atoms with Crippen LogP contribution in [0.3, 0.4) is 0 Å². The summed E-state index contributed by atoms with van der Waals surface area (Å²) >= 11 is 0. The molecule has 0 fully saturated rings. The second kappa shape index (κ2) is 3.62. The number of imidazole rings is 1. The summed E-state index contributed by atoms with van der Waals surface area (Å²) in [6.45, 7) is 1.70. The molecule has 0 spiro atoms. The van der Waals surface area contributed by atoms with E-state index in [-0.39, 0.29) is 6.04 Å². The van der Waals surface area contributed by atoms with E-state index in [2.05, 4.69) is 31.8 Å². The number of hydrogen-bond donors (Lipinski definition) is 1. The molecule has 2 heterocycles. The molecule has 1 aliphatic heterocycles. The van der Waals surface area contributed by atoms with Gasteiger partial charge in [-0.3, -0.25) is 5.32 Å². The van der Waals surface area contributed by atoms with Gasteiger partial charge in [-0.2, -0.15) is 0 Å². The number of para-hydroxylation sites is 2. The Bertz CT molecular complexity index is 588. The lowest BCUT2D eigenvalue weighted by Crippen LogP contribution is -2.27. The molecule has 0 saturated heterocycles. The minimum absolute atomic E-state index is 0.0196. The van der Waals surface area contributed by atoms with Crippen molar-refractivity contribution in [2.75, 3.05) is 13.1 Å². The van der Waals surface area contributed by atoms with E-state index in [4.69, 9.17) is 0 Å². The average Bonchev–Trinajstić information content (AvgIpc) is 2.69. The zero-order valence-electron chi connectivity index (χ0n) is 9.14. The number of aromatic nitrogens is 2. The first kappa shape index (κ1) is 9.37. The van der Waals surface area contributed by atoms with Crippen LogP contribution in [0.4, 0.5) is 0 Å². The van der Waals surface area contributed by atoms with E-state index in [9.17, 15) is 0 Å². The maximum atomic E-state index is 4.61. The number of aryl methyl sites for hydroxylation is 1. The Hall–Kier alpha value is -1.86. The Morgan fingerprint density at radius 1 is 1.50 bits per heavy atom. The topological polar surface area (TPSA) is 34.2 Å². The Labute approximate surface area is 93.7 Å². The first-order valence-electron chi connectivity index (χ1n) is 5.43. The lowest BCUT2D eigenvalue weighted by molar-refractivity contribution is 0.592. The highest BCUT2D eigenvalue weighted by molar-refractivity contribution is 5.76. The third-order valence-electron chi connectivity index (χ3n) is 2.87. The number of nitrogens with zero attached hydrogens (tertiary/aromatic N) is 3. The SMILES string of the molecule is Cn1c(C2C#[N+]CCN2)nc2ccccc21. The third kappa shape index (κ3) is 1.37. The van der Waals surface area contributed by atoms with Crippen LogP contribution in [0, 0.1) is 6.07 Å². The van der Waals surface area contributed by atoms with Gasteiger partial charge in [-0.1, -0.05) is 17.0 Å². The summed E-state index contributed by atoms with van der Waals surface area (Å²) in [5.41, 5.74) is 2.17. The zero-order valence-corrected chi connectivity index (χ0v) is 9.14. The molecule has 1 aromatic carbocycles. The molecule has 0 aliphatic carbocycles. The number of benzene rings is 1. The average molecular weight is 213 g/mol. The molecule has 1 atom stereocenters. The van der Waals surface area contributed by atoms with Crippen LogP contribution in [0.5, 0.6) is 0 Å². The van der Waals surface area contributed by atoms with E-state index in [0.29, 0.717) is 0 Å². The molecule has 4 nitrogen and oxygen atoms in total. The van der Waals surface area contributed by atoms with Gasteiger partial charge in [-0.05, 0) is 12.1 Å². The fourth-order valence-corrected chi connectivity index (χ4v) is 2.04. The van der Waals surface area contributed by atoms with Gasteiger partial charge in [0, 0.05) is 7.05 Å². The molecule has 16 heavy (non-hydrogen) atoms. The molecule has 80 valence electrons. The van der Waals surface area contributed by atoms with Gasteiger partial charge >= 0.3 is 0 Å². The minimum atomic E-state index is 0.0196. The molecule has 1 N–H and O–H groups in total. The van der Waals surface area contributed by atoms with E-state index in [0.717, 1.165) is 29.9 Å². The van der Waals surface area contributed by atoms with Gasteiger partial charge < -0.3 is 4.57 Å². The smallest absolute Gasteiger partial charge is 0.300 e. The first-order valence-corrected chi connectivity index (χ1v) is 5.43. The van der Waals surface area contributed by atoms with Crippen LogP contribution in [-0.2, 0) is 7.05 Å². The summed E-state index contributed by atoms with van der Waals surface area (Å²) in [5, 5.41) is 3.35. The van der Waals surface area contributed by atoms with Crippen molar-refractivity contribution < 1.29 is 0 Å². The largest absolute Gasteiger partial charge is 0.329 e. The molecular weight excluding hydrogens is 200 g/mol. The maximum absolute atomic E-state index is 4.61. The van der Waals surface area contributed by atoms with Crippen molar-refractivity contribution in [3.05, 3.63) is 34.9 Å². The van der Waals surface area contributed by atoms with Gasteiger partial charge in [-0.25, -0.2) is 4.98 Å². The Kier molecular flexibility index (Phi) is 2.12. The van der Waals surface area contributed by atoms with Crippen molar-refractivity contribution in [3.8, 4) is 6.07 Å². The van der Waals surface area contributed by atoms with Crippen molar-refractivity contribution in [1.82, 2.24) is 14.9 Å². The fraction of sp³-hybridized carbons (Fsp3) is 0.333. The zero-order chi connectivity index (χ0) is 11.0. The predicted octanol–water partition coefficient (Wildman–Crippen LogP) is 1.55. The van der Waals surface area contributed by atoms with E-state index in [1.54, 1.807) is 0 Å². The standard InChI is InChI=1S/C12H13N4/c1-16-11-5-3-2-4-9(11)15-12(16)10-8-13-6-7-14-10/h2-5,10,14H,6-7H2,1H3/q+1. The normalized spacial score (nSPS) is 19.4. The molecular formula is C12H13N4+. The van der Waals surface area contributed by atoms with Crippen molar-refractivity contribution >= 4 is 11.0 Å². The quantitative estimate of drug-likeness (QED) is 0.780. The van der Waals surface area contributed by atoms with Crippen LogP contribution in [0.2, 0.25) is 0 Å². The minimum Gasteiger partial charge on any atom is -0.329 e. The lowest BCUT2D eigenvalue weighted by Gasteiger charge is -2.08. The summed E-state index contributed by atoms with van der Waals surface area (Å²) in [7, 11) is 2.03. The molecule has 4 heteroatoms. The molecule has 0 radical (unpaired) electrons. The Morgan fingerprint density at radius 2 is 2.38 bits per heavy atom. The highest BCUT2D eigenvalue weighted by Crippen LogP contribution is 2.19. The maximum Gasteiger partial charge on any atom is 0.300 e. The van der Waals surface area contributed by atoms with Crippen LogP contribution >= 0.6 is 0 Å².